The van der Waals surface area contributed by atoms with Gasteiger partial charge in [-0.05, 0) is 61.4 Å². The molecular formula is C20H20O. The number of aromatic hydroxyl groups is 1. The summed E-state index contributed by atoms with van der Waals surface area (Å²) < 4.78 is 0. The van der Waals surface area contributed by atoms with Crippen molar-refractivity contribution >= 4 is 10.8 Å². The van der Waals surface area contributed by atoms with Crippen molar-refractivity contribution in [1.29, 1.82) is 0 Å². The summed E-state index contributed by atoms with van der Waals surface area (Å²) in [5.74, 6) is 0.405. The average Bonchev–Trinajstić information content (AvgIpc) is 2.48. The Balaban J connectivity index is 2.44. The summed E-state index contributed by atoms with van der Waals surface area (Å²) in [7, 11) is 0. The van der Waals surface area contributed by atoms with Gasteiger partial charge in [-0.25, -0.2) is 0 Å². The SMILES string of the molecule is Cc1ccc(-c2c(C)c(C)c(O)c3cc(C)ccc23)cc1. The number of aryl methyl sites for hydroxylation is 2. The predicted molar refractivity (Wildman–Crippen MR) is 90.0 cm³/mol. The van der Waals surface area contributed by atoms with Gasteiger partial charge in [0.15, 0.2) is 0 Å². The van der Waals surface area contributed by atoms with E-state index in [0.29, 0.717) is 5.75 Å². The van der Waals surface area contributed by atoms with Crippen LogP contribution >= 0.6 is 0 Å². The third-order valence-corrected chi connectivity index (χ3v) is 4.33. The van der Waals surface area contributed by atoms with Gasteiger partial charge in [-0.15, -0.1) is 0 Å². The average molecular weight is 276 g/mol. The van der Waals surface area contributed by atoms with E-state index in [2.05, 4.69) is 63.2 Å². The van der Waals surface area contributed by atoms with Crippen molar-refractivity contribution in [2.45, 2.75) is 27.7 Å². The van der Waals surface area contributed by atoms with Crippen molar-refractivity contribution in [3.8, 4) is 16.9 Å². The van der Waals surface area contributed by atoms with Crippen molar-refractivity contribution in [1.82, 2.24) is 0 Å². The minimum atomic E-state index is 0.405. The second kappa shape index (κ2) is 4.92. The molecule has 3 rings (SSSR count). The fourth-order valence-corrected chi connectivity index (χ4v) is 2.93. The first-order valence-corrected chi connectivity index (χ1v) is 7.28. The van der Waals surface area contributed by atoms with Crippen LogP contribution in [0.3, 0.4) is 0 Å². The summed E-state index contributed by atoms with van der Waals surface area (Å²) >= 11 is 0. The summed E-state index contributed by atoms with van der Waals surface area (Å²) in [6, 6.07) is 14.9. The Labute approximate surface area is 125 Å². The van der Waals surface area contributed by atoms with Crippen molar-refractivity contribution in [3.63, 3.8) is 0 Å². The molecule has 0 amide bonds. The van der Waals surface area contributed by atoms with Crippen LogP contribution in [0.5, 0.6) is 5.75 Å². The quantitative estimate of drug-likeness (QED) is 0.627. The minimum absolute atomic E-state index is 0.405. The van der Waals surface area contributed by atoms with Crippen molar-refractivity contribution in [2.24, 2.45) is 0 Å². The fourth-order valence-electron chi connectivity index (χ4n) is 2.93. The molecule has 3 aromatic carbocycles. The minimum Gasteiger partial charge on any atom is -0.507 e. The lowest BCUT2D eigenvalue weighted by Gasteiger charge is -2.16. The number of rotatable bonds is 1. The summed E-state index contributed by atoms with van der Waals surface area (Å²) in [5.41, 5.74) is 6.95. The lowest BCUT2D eigenvalue weighted by atomic mass is 9.89. The molecule has 21 heavy (non-hydrogen) atoms. The first-order chi connectivity index (χ1) is 9.99. The normalized spacial score (nSPS) is 11.0. The Bertz CT molecular complexity index is 827. The molecule has 0 radical (unpaired) electrons. The van der Waals surface area contributed by atoms with E-state index in [1.54, 1.807) is 0 Å². The number of phenols is 1. The number of benzene rings is 3. The van der Waals surface area contributed by atoms with Crippen LogP contribution in [0, 0.1) is 27.7 Å². The number of phenolic OH excluding ortho intramolecular Hbond substituents is 1. The Morgan fingerprint density at radius 1 is 0.667 bits per heavy atom. The first kappa shape index (κ1) is 13.7. The van der Waals surface area contributed by atoms with Gasteiger partial charge in [0.05, 0.1) is 0 Å². The Kier molecular flexibility index (Phi) is 3.21. The molecule has 0 atom stereocenters. The number of hydrogen-bond donors (Lipinski definition) is 1. The fraction of sp³-hybridized carbons (Fsp3) is 0.200. The van der Waals surface area contributed by atoms with E-state index in [-0.39, 0.29) is 0 Å². The molecule has 0 saturated carbocycles. The first-order valence-electron chi connectivity index (χ1n) is 7.28. The molecule has 0 heterocycles. The topological polar surface area (TPSA) is 20.2 Å². The third-order valence-electron chi connectivity index (χ3n) is 4.33. The van der Waals surface area contributed by atoms with Gasteiger partial charge in [-0.1, -0.05) is 47.5 Å². The smallest absolute Gasteiger partial charge is 0.126 e. The molecule has 3 aromatic rings. The third kappa shape index (κ3) is 2.19. The molecule has 0 aromatic heterocycles. The molecule has 0 spiro atoms. The highest BCUT2D eigenvalue weighted by Gasteiger charge is 2.15. The second-order valence-corrected chi connectivity index (χ2v) is 5.89. The van der Waals surface area contributed by atoms with E-state index < -0.39 is 0 Å². The van der Waals surface area contributed by atoms with Crippen LogP contribution in [0.2, 0.25) is 0 Å². The van der Waals surface area contributed by atoms with Gasteiger partial charge in [0, 0.05) is 5.39 Å². The zero-order valence-electron chi connectivity index (χ0n) is 13.0. The van der Waals surface area contributed by atoms with E-state index in [0.717, 1.165) is 27.5 Å². The Morgan fingerprint density at radius 3 is 1.95 bits per heavy atom. The maximum absolute atomic E-state index is 10.5. The molecule has 0 aliphatic heterocycles. The highest BCUT2D eigenvalue weighted by atomic mass is 16.3. The molecule has 0 bridgehead atoms. The molecule has 0 aliphatic carbocycles. The van der Waals surface area contributed by atoms with Gasteiger partial charge < -0.3 is 5.11 Å². The molecule has 0 saturated heterocycles. The number of hydrogen-bond acceptors (Lipinski definition) is 1. The monoisotopic (exact) mass is 276 g/mol. The van der Waals surface area contributed by atoms with Crippen LogP contribution in [0.1, 0.15) is 22.3 Å². The van der Waals surface area contributed by atoms with Gasteiger partial charge in [-0.2, -0.15) is 0 Å². The zero-order chi connectivity index (χ0) is 15.1. The lowest BCUT2D eigenvalue weighted by molar-refractivity contribution is 0.477. The van der Waals surface area contributed by atoms with Gasteiger partial charge in [0.25, 0.3) is 0 Å². The van der Waals surface area contributed by atoms with Crippen LogP contribution < -0.4 is 0 Å². The maximum atomic E-state index is 10.5. The summed E-state index contributed by atoms with van der Waals surface area (Å²) in [6.07, 6.45) is 0. The zero-order valence-corrected chi connectivity index (χ0v) is 13.0. The lowest BCUT2D eigenvalue weighted by Crippen LogP contribution is -1.92. The van der Waals surface area contributed by atoms with Crippen molar-refractivity contribution in [2.75, 3.05) is 0 Å². The molecule has 0 unspecified atom stereocenters. The van der Waals surface area contributed by atoms with E-state index in [1.165, 1.54) is 16.7 Å². The maximum Gasteiger partial charge on any atom is 0.126 e. The highest BCUT2D eigenvalue weighted by molar-refractivity contribution is 6.03. The summed E-state index contributed by atoms with van der Waals surface area (Å²) in [5, 5.41) is 12.5. The molecule has 0 fully saturated rings. The standard InChI is InChI=1S/C20H20O/c1-12-5-8-16(9-6-12)19-14(3)15(4)20(21)18-11-13(2)7-10-17(18)19/h5-11,21H,1-4H3. The Morgan fingerprint density at radius 2 is 1.29 bits per heavy atom. The molecule has 1 nitrogen and oxygen atoms in total. The van der Waals surface area contributed by atoms with E-state index >= 15 is 0 Å². The molecular weight excluding hydrogens is 256 g/mol. The molecule has 1 heteroatoms. The van der Waals surface area contributed by atoms with Crippen molar-refractivity contribution in [3.05, 3.63) is 64.7 Å². The van der Waals surface area contributed by atoms with Crippen LogP contribution in [0.25, 0.3) is 21.9 Å². The van der Waals surface area contributed by atoms with Gasteiger partial charge in [0.2, 0.25) is 0 Å². The molecule has 1 N–H and O–H groups in total. The summed E-state index contributed by atoms with van der Waals surface area (Å²) in [4.78, 5) is 0. The van der Waals surface area contributed by atoms with Crippen LogP contribution in [0.15, 0.2) is 42.5 Å². The highest BCUT2D eigenvalue weighted by Crippen LogP contribution is 2.40. The van der Waals surface area contributed by atoms with Crippen molar-refractivity contribution < 1.29 is 5.11 Å². The van der Waals surface area contributed by atoms with E-state index in [9.17, 15) is 5.11 Å². The second-order valence-electron chi connectivity index (χ2n) is 5.89. The molecule has 106 valence electrons. The van der Waals surface area contributed by atoms with Gasteiger partial charge >= 0.3 is 0 Å². The number of fused-ring (bicyclic) bond motifs is 1. The summed E-state index contributed by atoms with van der Waals surface area (Å²) in [6.45, 7) is 8.23. The van der Waals surface area contributed by atoms with Crippen LogP contribution in [-0.2, 0) is 0 Å². The van der Waals surface area contributed by atoms with E-state index in [1.807, 2.05) is 6.92 Å². The van der Waals surface area contributed by atoms with Crippen LogP contribution in [-0.4, -0.2) is 5.11 Å². The largest absolute Gasteiger partial charge is 0.507 e. The molecule has 0 aliphatic rings. The Hall–Kier alpha value is -2.28. The van der Waals surface area contributed by atoms with Gasteiger partial charge in [0.1, 0.15) is 5.75 Å². The predicted octanol–water partition coefficient (Wildman–Crippen LogP) is 5.45. The van der Waals surface area contributed by atoms with Crippen LogP contribution in [0.4, 0.5) is 0 Å². The van der Waals surface area contributed by atoms with Gasteiger partial charge in [-0.3, -0.25) is 0 Å². The van der Waals surface area contributed by atoms with E-state index in [4.69, 9.17) is 0 Å².